The number of nitro benzene ring substituents is 1. The van der Waals surface area contributed by atoms with Crippen LogP contribution in [0.4, 0.5) is 5.69 Å². The zero-order valence-corrected chi connectivity index (χ0v) is 9.97. The monoisotopic (exact) mass is 233 g/mol. The lowest BCUT2D eigenvalue weighted by atomic mass is 9.82. The first-order valence-electron chi connectivity index (χ1n) is 5.27. The molecule has 0 aromatic heterocycles. The predicted octanol–water partition coefficient (Wildman–Crippen LogP) is 2.92. The van der Waals surface area contributed by atoms with Gasteiger partial charge in [-0.15, -0.1) is 0 Å². The number of rotatable bonds is 5. The van der Waals surface area contributed by atoms with Crippen LogP contribution in [0, 0.1) is 15.5 Å². The van der Waals surface area contributed by atoms with Crippen molar-refractivity contribution in [2.75, 3.05) is 0 Å². The van der Waals surface area contributed by atoms with Crippen molar-refractivity contribution in [3.63, 3.8) is 0 Å². The first kappa shape index (κ1) is 13.1. The van der Waals surface area contributed by atoms with E-state index in [1.807, 2.05) is 13.8 Å². The minimum absolute atomic E-state index is 0.0316. The molecular weight excluding hydrogens is 218 g/mol. The maximum Gasteiger partial charge on any atom is 0.269 e. The van der Waals surface area contributed by atoms with Crippen LogP contribution in [-0.2, 0) is 11.2 Å². The molecule has 0 N–H and O–H groups in total. The normalized spacial score (nSPS) is 10.9. The predicted molar refractivity (Wildman–Crippen MR) is 65.8 cm³/mol. The molecule has 0 fully saturated rings. The quantitative estimate of drug-likeness (QED) is 0.446. The summed E-state index contributed by atoms with van der Waals surface area (Å²) >= 11 is 0. The fraction of sp³-hybridized carbons (Fsp3) is 0.308. The first-order valence-corrected chi connectivity index (χ1v) is 5.27. The van der Waals surface area contributed by atoms with Crippen LogP contribution in [0.15, 0.2) is 36.9 Å². The number of nitrogens with zero attached hydrogens (tertiary/aromatic N) is 1. The van der Waals surface area contributed by atoms with Gasteiger partial charge in [-0.05, 0) is 18.1 Å². The van der Waals surface area contributed by atoms with Crippen LogP contribution < -0.4 is 0 Å². The summed E-state index contributed by atoms with van der Waals surface area (Å²) < 4.78 is 0. The summed E-state index contributed by atoms with van der Waals surface area (Å²) in [6.07, 6.45) is 1.85. The summed E-state index contributed by atoms with van der Waals surface area (Å²) in [4.78, 5) is 21.6. The topological polar surface area (TPSA) is 60.2 Å². The number of allylic oxidation sites excluding steroid dienone is 1. The van der Waals surface area contributed by atoms with Crippen LogP contribution in [0.25, 0.3) is 0 Å². The molecule has 0 heterocycles. The fourth-order valence-corrected chi connectivity index (χ4v) is 1.61. The van der Waals surface area contributed by atoms with Gasteiger partial charge in [0.1, 0.15) is 0 Å². The second-order valence-corrected chi connectivity index (χ2v) is 4.55. The third-order valence-corrected chi connectivity index (χ3v) is 2.65. The van der Waals surface area contributed by atoms with Crippen molar-refractivity contribution in [2.45, 2.75) is 20.3 Å². The Morgan fingerprint density at radius 2 is 1.94 bits per heavy atom. The third kappa shape index (κ3) is 3.24. The van der Waals surface area contributed by atoms with Crippen molar-refractivity contribution in [1.29, 1.82) is 0 Å². The molecule has 0 radical (unpaired) electrons. The van der Waals surface area contributed by atoms with Gasteiger partial charge in [-0.2, -0.15) is 0 Å². The number of carbonyl (C=O) groups is 1. The minimum atomic E-state index is -0.530. The summed E-state index contributed by atoms with van der Waals surface area (Å²) in [5, 5.41) is 10.5. The van der Waals surface area contributed by atoms with E-state index in [-0.39, 0.29) is 11.5 Å². The Bertz CT molecular complexity index is 446. The summed E-state index contributed by atoms with van der Waals surface area (Å²) in [6.45, 7) is 7.13. The zero-order chi connectivity index (χ0) is 13.1. The molecule has 0 unspecified atom stereocenters. The number of benzene rings is 1. The van der Waals surface area contributed by atoms with E-state index in [0.29, 0.717) is 6.42 Å². The highest BCUT2D eigenvalue weighted by molar-refractivity contribution is 5.93. The summed E-state index contributed by atoms with van der Waals surface area (Å²) in [5.41, 5.74) is 0.426. The summed E-state index contributed by atoms with van der Waals surface area (Å²) in [5.74, 6) is -0.0316. The van der Waals surface area contributed by atoms with E-state index in [9.17, 15) is 14.9 Å². The van der Waals surface area contributed by atoms with E-state index in [1.165, 1.54) is 18.2 Å². The highest BCUT2D eigenvalue weighted by atomic mass is 16.6. The first-order chi connectivity index (χ1) is 7.86. The highest BCUT2D eigenvalue weighted by Gasteiger charge is 2.25. The average molecular weight is 233 g/mol. The molecule has 1 rings (SSSR count). The van der Waals surface area contributed by atoms with Gasteiger partial charge < -0.3 is 0 Å². The maximum atomic E-state index is 11.6. The van der Waals surface area contributed by atoms with Crippen molar-refractivity contribution in [3.8, 4) is 0 Å². The molecule has 4 nitrogen and oxygen atoms in total. The van der Waals surface area contributed by atoms with E-state index in [4.69, 9.17) is 0 Å². The van der Waals surface area contributed by atoms with Gasteiger partial charge in [0.2, 0.25) is 0 Å². The molecule has 0 amide bonds. The number of non-ortho nitro benzene ring substituents is 1. The molecule has 0 bridgehead atoms. The van der Waals surface area contributed by atoms with Gasteiger partial charge >= 0.3 is 0 Å². The molecule has 90 valence electrons. The Kier molecular flexibility index (Phi) is 3.78. The average Bonchev–Trinajstić information content (AvgIpc) is 2.28. The van der Waals surface area contributed by atoms with Crippen LogP contribution in [0.5, 0.6) is 0 Å². The van der Waals surface area contributed by atoms with Crippen molar-refractivity contribution in [3.05, 3.63) is 52.6 Å². The number of hydrogen-bond donors (Lipinski definition) is 0. The lowest BCUT2D eigenvalue weighted by Crippen LogP contribution is -2.24. The highest BCUT2D eigenvalue weighted by Crippen LogP contribution is 2.24. The van der Waals surface area contributed by atoms with E-state index >= 15 is 0 Å². The molecule has 0 aliphatic heterocycles. The Morgan fingerprint density at radius 1 is 1.41 bits per heavy atom. The van der Waals surface area contributed by atoms with Gasteiger partial charge in [-0.25, -0.2) is 0 Å². The van der Waals surface area contributed by atoms with Crippen molar-refractivity contribution in [1.82, 2.24) is 0 Å². The summed E-state index contributed by atoms with van der Waals surface area (Å²) in [6, 6.07) is 6.25. The molecule has 17 heavy (non-hydrogen) atoms. The Morgan fingerprint density at radius 3 is 2.35 bits per heavy atom. The second-order valence-electron chi connectivity index (χ2n) is 4.55. The van der Waals surface area contributed by atoms with Crippen molar-refractivity contribution < 1.29 is 9.72 Å². The Hall–Kier alpha value is -1.97. The van der Waals surface area contributed by atoms with Crippen LogP contribution in [0.1, 0.15) is 19.4 Å². The van der Waals surface area contributed by atoms with Gasteiger partial charge in [0.25, 0.3) is 5.69 Å². The van der Waals surface area contributed by atoms with Gasteiger partial charge in [-0.1, -0.05) is 32.6 Å². The zero-order valence-electron chi connectivity index (χ0n) is 9.97. The number of nitro groups is 1. The number of hydrogen-bond acceptors (Lipinski definition) is 3. The standard InChI is InChI=1S/C13H15NO3/c1-4-12(15)13(2,3)9-10-5-7-11(8-6-10)14(16)17/h4-8H,1,9H2,2-3H3. The van der Waals surface area contributed by atoms with E-state index < -0.39 is 10.3 Å². The molecule has 0 spiro atoms. The van der Waals surface area contributed by atoms with Gasteiger partial charge in [-0.3, -0.25) is 14.9 Å². The molecule has 0 saturated heterocycles. The summed E-state index contributed by atoms with van der Waals surface area (Å²) in [7, 11) is 0. The van der Waals surface area contributed by atoms with Gasteiger partial charge in [0, 0.05) is 17.5 Å². The molecule has 4 heteroatoms. The molecule has 1 aromatic rings. The SMILES string of the molecule is C=CC(=O)C(C)(C)Cc1ccc([N+](=O)[O-])cc1. The third-order valence-electron chi connectivity index (χ3n) is 2.65. The lowest BCUT2D eigenvalue weighted by Gasteiger charge is -2.21. The fourth-order valence-electron chi connectivity index (χ4n) is 1.61. The minimum Gasteiger partial charge on any atom is -0.294 e. The molecular formula is C13H15NO3. The van der Waals surface area contributed by atoms with Gasteiger partial charge in [0.05, 0.1) is 4.92 Å². The smallest absolute Gasteiger partial charge is 0.269 e. The van der Waals surface area contributed by atoms with Crippen LogP contribution in [0.2, 0.25) is 0 Å². The van der Waals surface area contributed by atoms with Crippen molar-refractivity contribution >= 4 is 11.5 Å². The molecule has 0 aliphatic carbocycles. The molecule has 0 atom stereocenters. The molecule has 1 aromatic carbocycles. The van der Waals surface area contributed by atoms with Crippen LogP contribution >= 0.6 is 0 Å². The number of carbonyl (C=O) groups excluding carboxylic acids is 1. The molecule has 0 aliphatic rings. The van der Waals surface area contributed by atoms with E-state index in [1.54, 1.807) is 12.1 Å². The lowest BCUT2D eigenvalue weighted by molar-refractivity contribution is -0.384. The van der Waals surface area contributed by atoms with Crippen LogP contribution in [0.3, 0.4) is 0 Å². The van der Waals surface area contributed by atoms with Crippen LogP contribution in [-0.4, -0.2) is 10.7 Å². The second kappa shape index (κ2) is 4.91. The Balaban J connectivity index is 2.85. The largest absolute Gasteiger partial charge is 0.294 e. The Labute approximate surface area is 100 Å². The van der Waals surface area contributed by atoms with E-state index in [0.717, 1.165) is 5.56 Å². The number of ketones is 1. The van der Waals surface area contributed by atoms with Gasteiger partial charge in [0.15, 0.2) is 5.78 Å². The van der Waals surface area contributed by atoms with E-state index in [2.05, 4.69) is 6.58 Å². The molecule has 0 saturated carbocycles. The maximum absolute atomic E-state index is 11.6. The van der Waals surface area contributed by atoms with Crippen molar-refractivity contribution in [2.24, 2.45) is 5.41 Å².